The van der Waals surface area contributed by atoms with E-state index >= 15 is 0 Å². The molecular weight excluding hydrogens is 317 g/mol. The fourth-order valence-electron chi connectivity index (χ4n) is 2.82. The van der Waals surface area contributed by atoms with Crippen molar-refractivity contribution in [3.63, 3.8) is 0 Å². The van der Waals surface area contributed by atoms with Crippen molar-refractivity contribution in [1.82, 2.24) is 9.78 Å². The summed E-state index contributed by atoms with van der Waals surface area (Å²) < 4.78 is 2.12. The van der Waals surface area contributed by atoms with Gasteiger partial charge in [-0.2, -0.15) is 5.10 Å². The zero-order valence-corrected chi connectivity index (χ0v) is 14.7. The SMILES string of the molecule is CCc1nn(CCCN)c(CC)c1Cc1cc(Cl)cc(Cl)c1. The van der Waals surface area contributed by atoms with Gasteiger partial charge in [0.25, 0.3) is 0 Å². The first-order valence-corrected chi connectivity index (χ1v) is 8.57. The standard InChI is InChI=1S/C17H23Cl2N3/c1-3-16-15(10-12-8-13(18)11-14(19)9-12)17(4-2)22(21-16)7-5-6-20/h8-9,11H,3-7,10,20H2,1-2H3. The first-order chi connectivity index (χ1) is 10.6. The van der Waals surface area contributed by atoms with E-state index in [0.717, 1.165) is 43.5 Å². The van der Waals surface area contributed by atoms with E-state index in [4.69, 9.17) is 34.0 Å². The van der Waals surface area contributed by atoms with Crippen LogP contribution in [-0.2, 0) is 25.8 Å². The molecule has 2 aromatic rings. The van der Waals surface area contributed by atoms with Gasteiger partial charge in [-0.05, 0) is 49.6 Å². The average Bonchev–Trinajstić information content (AvgIpc) is 2.80. The number of benzene rings is 1. The molecule has 1 heterocycles. The molecule has 0 aliphatic rings. The zero-order chi connectivity index (χ0) is 16.1. The summed E-state index contributed by atoms with van der Waals surface area (Å²) in [6, 6.07) is 5.71. The van der Waals surface area contributed by atoms with Crippen LogP contribution in [0.5, 0.6) is 0 Å². The lowest BCUT2D eigenvalue weighted by Crippen LogP contribution is -2.10. The highest BCUT2D eigenvalue weighted by Gasteiger charge is 2.16. The molecule has 0 unspecified atom stereocenters. The third-order valence-corrected chi connectivity index (χ3v) is 4.23. The molecule has 22 heavy (non-hydrogen) atoms. The second-order valence-corrected chi connectivity index (χ2v) is 6.27. The van der Waals surface area contributed by atoms with Gasteiger partial charge in [0.1, 0.15) is 0 Å². The van der Waals surface area contributed by atoms with Gasteiger partial charge in [-0.15, -0.1) is 0 Å². The van der Waals surface area contributed by atoms with Crippen LogP contribution < -0.4 is 5.73 Å². The Morgan fingerprint density at radius 1 is 1.09 bits per heavy atom. The van der Waals surface area contributed by atoms with Gasteiger partial charge in [-0.1, -0.05) is 37.0 Å². The molecular formula is C17H23Cl2N3. The van der Waals surface area contributed by atoms with Gasteiger partial charge in [-0.25, -0.2) is 0 Å². The third kappa shape index (κ3) is 4.03. The molecule has 2 rings (SSSR count). The second-order valence-electron chi connectivity index (χ2n) is 5.40. The second kappa shape index (κ2) is 8.00. The predicted octanol–water partition coefficient (Wildman–Crippen LogP) is 4.25. The normalized spacial score (nSPS) is 11.1. The Hall–Kier alpha value is -1.03. The van der Waals surface area contributed by atoms with Crippen LogP contribution >= 0.6 is 23.2 Å². The van der Waals surface area contributed by atoms with Crippen molar-refractivity contribution >= 4 is 23.2 Å². The van der Waals surface area contributed by atoms with Gasteiger partial charge < -0.3 is 5.73 Å². The van der Waals surface area contributed by atoms with Gasteiger partial charge >= 0.3 is 0 Å². The maximum absolute atomic E-state index is 6.12. The molecule has 1 aromatic carbocycles. The predicted molar refractivity (Wildman–Crippen MR) is 93.9 cm³/mol. The molecule has 2 N–H and O–H groups in total. The minimum absolute atomic E-state index is 0.675. The highest BCUT2D eigenvalue weighted by Crippen LogP contribution is 2.25. The van der Waals surface area contributed by atoms with E-state index < -0.39 is 0 Å². The first-order valence-electron chi connectivity index (χ1n) is 7.81. The van der Waals surface area contributed by atoms with Crippen LogP contribution in [0.4, 0.5) is 0 Å². The van der Waals surface area contributed by atoms with Gasteiger partial charge in [0.2, 0.25) is 0 Å². The van der Waals surface area contributed by atoms with Crippen LogP contribution in [0, 0.1) is 0 Å². The maximum atomic E-state index is 6.12. The smallest absolute Gasteiger partial charge is 0.0660 e. The summed E-state index contributed by atoms with van der Waals surface area (Å²) in [6.45, 7) is 5.88. The molecule has 0 spiro atoms. The van der Waals surface area contributed by atoms with Crippen LogP contribution in [0.15, 0.2) is 18.2 Å². The molecule has 0 amide bonds. The summed E-state index contributed by atoms with van der Waals surface area (Å²) in [5.74, 6) is 0. The average molecular weight is 340 g/mol. The van der Waals surface area contributed by atoms with Crippen LogP contribution in [-0.4, -0.2) is 16.3 Å². The van der Waals surface area contributed by atoms with E-state index in [1.807, 2.05) is 12.1 Å². The molecule has 0 saturated carbocycles. The van der Waals surface area contributed by atoms with E-state index in [9.17, 15) is 0 Å². The maximum Gasteiger partial charge on any atom is 0.0660 e. The van der Waals surface area contributed by atoms with Crippen LogP contribution in [0.3, 0.4) is 0 Å². The summed E-state index contributed by atoms with van der Waals surface area (Å²) in [6.07, 6.45) is 3.64. The number of nitrogens with two attached hydrogens (primary N) is 1. The number of hydrogen-bond donors (Lipinski definition) is 1. The number of hydrogen-bond acceptors (Lipinski definition) is 2. The fraction of sp³-hybridized carbons (Fsp3) is 0.471. The highest BCUT2D eigenvalue weighted by atomic mass is 35.5. The van der Waals surface area contributed by atoms with Gasteiger partial charge in [0, 0.05) is 34.3 Å². The van der Waals surface area contributed by atoms with Crippen molar-refractivity contribution in [2.75, 3.05) is 6.54 Å². The number of rotatable bonds is 7. The van der Waals surface area contributed by atoms with E-state index in [1.54, 1.807) is 6.07 Å². The van der Waals surface area contributed by atoms with Crippen molar-refractivity contribution in [3.05, 3.63) is 50.8 Å². The van der Waals surface area contributed by atoms with Crippen molar-refractivity contribution in [2.45, 2.75) is 46.1 Å². The van der Waals surface area contributed by atoms with Crippen molar-refractivity contribution < 1.29 is 0 Å². The minimum atomic E-state index is 0.675. The zero-order valence-electron chi connectivity index (χ0n) is 13.2. The quantitative estimate of drug-likeness (QED) is 0.819. The van der Waals surface area contributed by atoms with Crippen molar-refractivity contribution in [2.24, 2.45) is 5.73 Å². The van der Waals surface area contributed by atoms with Crippen molar-refractivity contribution in [1.29, 1.82) is 0 Å². The van der Waals surface area contributed by atoms with E-state index in [0.29, 0.717) is 16.6 Å². The molecule has 0 aliphatic carbocycles. The summed E-state index contributed by atoms with van der Waals surface area (Å²) >= 11 is 12.2. The fourth-order valence-corrected chi connectivity index (χ4v) is 3.39. The third-order valence-electron chi connectivity index (χ3n) is 3.80. The Bertz CT molecular complexity index is 615. The molecule has 0 fully saturated rings. The monoisotopic (exact) mass is 339 g/mol. The van der Waals surface area contributed by atoms with E-state index in [2.05, 4.69) is 18.5 Å². The Balaban J connectivity index is 2.37. The lowest BCUT2D eigenvalue weighted by Gasteiger charge is -2.08. The molecule has 1 aromatic heterocycles. The lowest BCUT2D eigenvalue weighted by molar-refractivity contribution is 0.556. The van der Waals surface area contributed by atoms with Gasteiger partial charge in [0.15, 0.2) is 0 Å². The molecule has 0 radical (unpaired) electrons. The molecule has 0 saturated heterocycles. The molecule has 0 bridgehead atoms. The Morgan fingerprint density at radius 3 is 2.32 bits per heavy atom. The highest BCUT2D eigenvalue weighted by molar-refractivity contribution is 6.34. The minimum Gasteiger partial charge on any atom is -0.330 e. The van der Waals surface area contributed by atoms with Crippen LogP contribution in [0.25, 0.3) is 0 Å². The molecule has 3 nitrogen and oxygen atoms in total. The summed E-state index contributed by atoms with van der Waals surface area (Å²) in [5, 5.41) is 6.12. The number of aryl methyl sites for hydroxylation is 2. The first kappa shape index (κ1) is 17.3. The molecule has 0 atom stereocenters. The Kier molecular flexibility index (Phi) is 6.30. The van der Waals surface area contributed by atoms with Crippen LogP contribution in [0.2, 0.25) is 10.0 Å². The summed E-state index contributed by atoms with van der Waals surface area (Å²) in [5.41, 5.74) is 10.5. The Morgan fingerprint density at radius 2 is 1.77 bits per heavy atom. The van der Waals surface area contributed by atoms with Gasteiger partial charge in [-0.3, -0.25) is 4.68 Å². The number of aromatic nitrogens is 2. The van der Waals surface area contributed by atoms with Gasteiger partial charge in [0.05, 0.1) is 5.69 Å². The number of nitrogens with zero attached hydrogens (tertiary/aromatic N) is 2. The summed E-state index contributed by atoms with van der Waals surface area (Å²) in [4.78, 5) is 0. The molecule has 0 aliphatic heterocycles. The van der Waals surface area contributed by atoms with E-state index in [-0.39, 0.29) is 0 Å². The Labute approximate surface area is 142 Å². The molecule has 5 heteroatoms. The van der Waals surface area contributed by atoms with Crippen molar-refractivity contribution in [3.8, 4) is 0 Å². The lowest BCUT2D eigenvalue weighted by atomic mass is 10.0. The topological polar surface area (TPSA) is 43.8 Å². The summed E-state index contributed by atoms with van der Waals surface area (Å²) in [7, 11) is 0. The van der Waals surface area contributed by atoms with Crippen LogP contribution in [0.1, 0.15) is 42.8 Å². The largest absolute Gasteiger partial charge is 0.330 e. The number of halogens is 2. The van der Waals surface area contributed by atoms with E-state index in [1.165, 1.54) is 11.3 Å². The molecule has 120 valence electrons.